The van der Waals surface area contributed by atoms with E-state index in [1.54, 1.807) is 19.2 Å². The molecule has 0 heterocycles. The van der Waals surface area contributed by atoms with Crippen molar-refractivity contribution >= 4 is 12.0 Å². The van der Waals surface area contributed by atoms with Crippen LogP contribution in [0.3, 0.4) is 0 Å². The van der Waals surface area contributed by atoms with Crippen LogP contribution in [0.4, 0.5) is 4.39 Å². The Balaban J connectivity index is 1.59. The van der Waals surface area contributed by atoms with Gasteiger partial charge in [-0.25, -0.2) is 4.39 Å². The smallest absolute Gasteiger partial charge is 0.303 e. The third-order valence-electron chi connectivity index (χ3n) is 7.09. The summed E-state index contributed by atoms with van der Waals surface area (Å²) in [6, 6.07) is 18.4. The van der Waals surface area contributed by atoms with Crippen LogP contribution in [0.15, 0.2) is 66.7 Å². The number of ether oxygens (including phenoxy) is 2. The molecule has 5 heteroatoms. The molecular weight excluding hydrogens is 467 g/mol. The first-order valence-corrected chi connectivity index (χ1v) is 13.0. The van der Waals surface area contributed by atoms with E-state index in [0.717, 1.165) is 22.3 Å². The highest BCUT2D eigenvalue weighted by atomic mass is 19.1. The van der Waals surface area contributed by atoms with E-state index < -0.39 is 5.97 Å². The van der Waals surface area contributed by atoms with Crippen molar-refractivity contribution in [3.05, 3.63) is 89.2 Å². The van der Waals surface area contributed by atoms with Crippen LogP contribution in [0.1, 0.15) is 68.1 Å². The summed E-state index contributed by atoms with van der Waals surface area (Å²) in [5.41, 5.74) is 4.17. The molecular formula is C32H35FO4. The molecule has 0 aliphatic heterocycles. The maximum Gasteiger partial charge on any atom is 0.303 e. The highest BCUT2D eigenvalue weighted by Crippen LogP contribution is 2.33. The van der Waals surface area contributed by atoms with Gasteiger partial charge in [0.15, 0.2) is 0 Å². The van der Waals surface area contributed by atoms with Crippen LogP contribution in [0.2, 0.25) is 0 Å². The number of halogens is 1. The first-order chi connectivity index (χ1) is 17.9. The number of methoxy groups -OCH3 is 1. The van der Waals surface area contributed by atoms with E-state index in [-0.39, 0.29) is 18.2 Å². The summed E-state index contributed by atoms with van der Waals surface area (Å²) in [6.07, 6.45) is 10.7. The number of benzene rings is 3. The summed E-state index contributed by atoms with van der Waals surface area (Å²) < 4.78 is 26.3. The minimum absolute atomic E-state index is 0.0719. The summed E-state index contributed by atoms with van der Waals surface area (Å²) in [5.74, 6) is 0.645. The molecule has 3 aromatic carbocycles. The van der Waals surface area contributed by atoms with E-state index in [0.29, 0.717) is 29.6 Å². The Kier molecular flexibility index (Phi) is 8.99. The van der Waals surface area contributed by atoms with Gasteiger partial charge in [-0.05, 0) is 83.3 Å². The second-order valence-electron chi connectivity index (χ2n) is 9.88. The molecule has 0 spiro atoms. The van der Waals surface area contributed by atoms with E-state index in [2.05, 4.69) is 18.2 Å². The molecule has 0 unspecified atom stereocenters. The van der Waals surface area contributed by atoms with Crippen molar-refractivity contribution in [2.45, 2.75) is 58.0 Å². The summed E-state index contributed by atoms with van der Waals surface area (Å²) in [7, 11) is 1.58. The third-order valence-corrected chi connectivity index (χ3v) is 7.09. The van der Waals surface area contributed by atoms with E-state index >= 15 is 0 Å². The molecule has 1 atom stereocenters. The standard InChI is InChI=1S/C32H35FO4/c1-22(17-32(34)35)25-9-6-10-28(19-25)37-21-24-12-15-29(30-20-27(36-2)14-16-31(30)33)26(18-24)13-11-23-7-4-3-5-8-23/h6,9-16,18-20,22-23H,3-5,7-8,17,21H2,1-2H3,(H,34,35)/b13-11+/t22-/m1/s1. The summed E-state index contributed by atoms with van der Waals surface area (Å²) in [4.78, 5) is 11.1. The van der Waals surface area contributed by atoms with Crippen LogP contribution in [-0.2, 0) is 11.4 Å². The lowest BCUT2D eigenvalue weighted by Crippen LogP contribution is -2.03. The largest absolute Gasteiger partial charge is 0.497 e. The second kappa shape index (κ2) is 12.6. The number of carboxylic acids is 1. The Morgan fingerprint density at radius 2 is 1.84 bits per heavy atom. The second-order valence-corrected chi connectivity index (χ2v) is 9.88. The van der Waals surface area contributed by atoms with Crippen LogP contribution in [0, 0.1) is 11.7 Å². The maximum absolute atomic E-state index is 14.9. The van der Waals surface area contributed by atoms with Gasteiger partial charge in [-0.2, -0.15) is 0 Å². The van der Waals surface area contributed by atoms with Crippen molar-refractivity contribution in [2.24, 2.45) is 5.92 Å². The Hall–Kier alpha value is -3.60. The number of carboxylic acid groups (broad SMARTS) is 1. The van der Waals surface area contributed by atoms with Crippen molar-refractivity contribution < 1.29 is 23.8 Å². The van der Waals surface area contributed by atoms with Gasteiger partial charge in [-0.1, -0.05) is 62.6 Å². The molecule has 4 nitrogen and oxygen atoms in total. The normalized spacial score (nSPS) is 15.0. The number of hydrogen-bond acceptors (Lipinski definition) is 3. The van der Waals surface area contributed by atoms with E-state index in [4.69, 9.17) is 14.6 Å². The van der Waals surface area contributed by atoms with Gasteiger partial charge in [0.2, 0.25) is 0 Å². The number of carbonyl (C=O) groups is 1. The van der Waals surface area contributed by atoms with Crippen LogP contribution in [0.25, 0.3) is 17.2 Å². The Morgan fingerprint density at radius 3 is 2.59 bits per heavy atom. The van der Waals surface area contributed by atoms with Gasteiger partial charge in [0.05, 0.1) is 13.5 Å². The molecule has 3 aromatic rings. The predicted octanol–water partition coefficient (Wildman–Crippen LogP) is 8.25. The molecule has 4 rings (SSSR count). The molecule has 0 bridgehead atoms. The topological polar surface area (TPSA) is 55.8 Å². The molecule has 0 amide bonds. The van der Waals surface area contributed by atoms with Crippen molar-refractivity contribution in [1.82, 2.24) is 0 Å². The van der Waals surface area contributed by atoms with Crippen molar-refractivity contribution in [1.29, 1.82) is 0 Å². The number of rotatable bonds is 10. The Labute approximate surface area is 218 Å². The number of allylic oxidation sites excluding steroid dienone is 1. The van der Waals surface area contributed by atoms with E-state index in [1.165, 1.54) is 38.2 Å². The fourth-order valence-electron chi connectivity index (χ4n) is 4.95. The number of hydrogen-bond donors (Lipinski definition) is 1. The Bertz CT molecular complexity index is 1240. The van der Waals surface area contributed by atoms with Gasteiger partial charge in [0.1, 0.15) is 23.9 Å². The van der Waals surface area contributed by atoms with Crippen LogP contribution in [0.5, 0.6) is 11.5 Å². The van der Waals surface area contributed by atoms with Gasteiger partial charge >= 0.3 is 5.97 Å². The van der Waals surface area contributed by atoms with Crippen LogP contribution < -0.4 is 9.47 Å². The average Bonchev–Trinajstić information content (AvgIpc) is 2.91. The quantitative estimate of drug-likeness (QED) is 0.303. The molecule has 194 valence electrons. The first kappa shape index (κ1) is 26.5. The molecule has 1 N–H and O–H groups in total. The molecule has 1 aliphatic carbocycles. The molecule has 37 heavy (non-hydrogen) atoms. The average molecular weight is 503 g/mol. The summed E-state index contributed by atoms with van der Waals surface area (Å²) >= 11 is 0. The zero-order chi connectivity index (χ0) is 26.2. The Morgan fingerprint density at radius 1 is 1.03 bits per heavy atom. The molecule has 0 radical (unpaired) electrons. The molecule has 0 aromatic heterocycles. The maximum atomic E-state index is 14.9. The van der Waals surface area contributed by atoms with Crippen molar-refractivity contribution in [3.8, 4) is 22.6 Å². The minimum atomic E-state index is -0.819. The van der Waals surface area contributed by atoms with Gasteiger partial charge in [-0.3, -0.25) is 4.79 Å². The van der Waals surface area contributed by atoms with Gasteiger partial charge in [-0.15, -0.1) is 0 Å². The van der Waals surface area contributed by atoms with Crippen molar-refractivity contribution in [3.63, 3.8) is 0 Å². The fraction of sp³-hybridized carbons (Fsp3) is 0.344. The first-order valence-electron chi connectivity index (χ1n) is 13.0. The van der Waals surface area contributed by atoms with E-state index in [9.17, 15) is 9.18 Å². The molecule has 1 aliphatic rings. The fourth-order valence-corrected chi connectivity index (χ4v) is 4.95. The summed E-state index contributed by atoms with van der Waals surface area (Å²) in [6.45, 7) is 2.25. The highest BCUT2D eigenvalue weighted by Gasteiger charge is 2.14. The minimum Gasteiger partial charge on any atom is -0.497 e. The monoisotopic (exact) mass is 502 g/mol. The van der Waals surface area contributed by atoms with E-state index in [1.807, 2.05) is 43.3 Å². The number of aliphatic carboxylic acids is 1. The lowest BCUT2D eigenvalue weighted by Gasteiger charge is -2.18. The molecule has 1 saturated carbocycles. The summed E-state index contributed by atoms with van der Waals surface area (Å²) in [5, 5.41) is 9.10. The highest BCUT2D eigenvalue weighted by molar-refractivity contribution is 5.77. The third kappa shape index (κ3) is 7.22. The molecule has 1 fully saturated rings. The van der Waals surface area contributed by atoms with Crippen LogP contribution >= 0.6 is 0 Å². The van der Waals surface area contributed by atoms with Gasteiger partial charge in [0.25, 0.3) is 0 Å². The lowest BCUT2D eigenvalue weighted by molar-refractivity contribution is -0.137. The van der Waals surface area contributed by atoms with Crippen molar-refractivity contribution in [2.75, 3.05) is 7.11 Å². The SMILES string of the molecule is COc1ccc(F)c(-c2ccc(COc3cccc([C@H](C)CC(=O)O)c3)cc2/C=C/C2CCCCC2)c1. The lowest BCUT2D eigenvalue weighted by atomic mass is 9.88. The zero-order valence-corrected chi connectivity index (χ0v) is 21.6. The van der Waals surface area contributed by atoms with Crippen LogP contribution in [-0.4, -0.2) is 18.2 Å². The van der Waals surface area contributed by atoms with Gasteiger partial charge in [0, 0.05) is 5.56 Å². The zero-order valence-electron chi connectivity index (χ0n) is 21.6. The molecule has 0 saturated heterocycles. The predicted molar refractivity (Wildman–Crippen MR) is 145 cm³/mol. The van der Waals surface area contributed by atoms with Gasteiger partial charge < -0.3 is 14.6 Å².